The Morgan fingerprint density at radius 3 is 2.57 bits per heavy atom. The number of carbonyl (C=O) groups excluding carboxylic acids is 2. The van der Waals surface area contributed by atoms with Crippen LogP contribution in [0.1, 0.15) is 42.6 Å². The molecule has 2 aromatic carbocycles. The van der Waals surface area contributed by atoms with Crippen LogP contribution in [0.15, 0.2) is 36.4 Å². The molecule has 3 rings (SSSR count). The highest BCUT2D eigenvalue weighted by Gasteiger charge is 2.25. The minimum atomic E-state index is -0.433. The van der Waals surface area contributed by atoms with Crippen molar-refractivity contribution in [2.45, 2.75) is 33.6 Å². The van der Waals surface area contributed by atoms with Crippen LogP contribution < -0.4 is 15.5 Å². The molecule has 1 aliphatic heterocycles. The summed E-state index contributed by atoms with van der Waals surface area (Å²) in [6, 6.07) is 9.73. The standard InChI is InChI=1S/C22H26N4O4/c1-14-5-4-10-25(13-14)20-9-6-17(12-21(20)26(29)30)22(28)24-18-7-8-19(15(2)11-18)23-16(3)27/h6-9,11-12,14H,4-5,10,13H2,1-3H3,(H,23,27)(H,24,28). The fourth-order valence-corrected chi connectivity index (χ4v) is 3.76. The number of rotatable bonds is 5. The second-order valence-electron chi connectivity index (χ2n) is 7.82. The lowest BCUT2D eigenvalue weighted by molar-refractivity contribution is -0.384. The number of benzene rings is 2. The molecule has 1 atom stereocenters. The summed E-state index contributed by atoms with van der Waals surface area (Å²) in [5, 5.41) is 17.1. The molecule has 1 saturated heterocycles. The molecule has 0 radical (unpaired) electrons. The predicted octanol–water partition coefficient (Wildman–Crippen LogP) is 4.35. The van der Waals surface area contributed by atoms with Crippen LogP contribution in [0.5, 0.6) is 0 Å². The van der Waals surface area contributed by atoms with Gasteiger partial charge in [0.25, 0.3) is 11.6 Å². The molecule has 2 amide bonds. The number of nitro groups is 1. The van der Waals surface area contributed by atoms with Gasteiger partial charge in [0.2, 0.25) is 5.91 Å². The van der Waals surface area contributed by atoms with Crippen LogP contribution in [-0.2, 0) is 4.79 Å². The topological polar surface area (TPSA) is 105 Å². The molecule has 2 aromatic rings. The van der Waals surface area contributed by atoms with Gasteiger partial charge in [0.15, 0.2) is 0 Å². The van der Waals surface area contributed by atoms with Gasteiger partial charge in [-0.1, -0.05) is 6.92 Å². The Kier molecular flexibility index (Phi) is 6.34. The molecule has 0 spiro atoms. The first-order valence-corrected chi connectivity index (χ1v) is 9.97. The van der Waals surface area contributed by atoms with E-state index in [2.05, 4.69) is 17.6 Å². The number of nitro benzene ring substituents is 1. The summed E-state index contributed by atoms with van der Waals surface area (Å²) >= 11 is 0. The van der Waals surface area contributed by atoms with Gasteiger partial charge in [-0.2, -0.15) is 0 Å². The number of amides is 2. The molecule has 1 aliphatic rings. The van der Waals surface area contributed by atoms with Gasteiger partial charge in [0, 0.05) is 43.0 Å². The second-order valence-corrected chi connectivity index (χ2v) is 7.82. The summed E-state index contributed by atoms with van der Waals surface area (Å²) in [7, 11) is 0. The van der Waals surface area contributed by atoms with Crippen molar-refractivity contribution >= 4 is 34.6 Å². The zero-order valence-corrected chi connectivity index (χ0v) is 17.4. The van der Waals surface area contributed by atoms with Gasteiger partial charge >= 0.3 is 0 Å². The highest BCUT2D eigenvalue weighted by molar-refractivity contribution is 6.05. The van der Waals surface area contributed by atoms with Crippen molar-refractivity contribution in [3.05, 3.63) is 57.6 Å². The number of hydrogen-bond donors (Lipinski definition) is 2. The van der Waals surface area contributed by atoms with Crippen molar-refractivity contribution in [2.75, 3.05) is 28.6 Å². The van der Waals surface area contributed by atoms with Gasteiger partial charge in [-0.05, 0) is 61.6 Å². The summed E-state index contributed by atoms with van der Waals surface area (Å²) in [5.74, 6) is -0.126. The summed E-state index contributed by atoms with van der Waals surface area (Å²) in [6.45, 7) is 6.93. The zero-order chi connectivity index (χ0) is 21.8. The Labute approximate surface area is 175 Å². The zero-order valence-electron chi connectivity index (χ0n) is 17.4. The lowest BCUT2D eigenvalue weighted by atomic mass is 9.99. The lowest BCUT2D eigenvalue weighted by Crippen LogP contribution is -2.34. The number of carbonyl (C=O) groups is 2. The first-order valence-electron chi connectivity index (χ1n) is 9.97. The Morgan fingerprint density at radius 1 is 1.17 bits per heavy atom. The van der Waals surface area contributed by atoms with Gasteiger partial charge in [-0.25, -0.2) is 0 Å². The Hall–Kier alpha value is -3.42. The molecule has 0 bridgehead atoms. The molecule has 30 heavy (non-hydrogen) atoms. The number of anilines is 3. The highest BCUT2D eigenvalue weighted by Crippen LogP contribution is 2.32. The quantitative estimate of drug-likeness (QED) is 0.563. The largest absolute Gasteiger partial charge is 0.366 e. The van der Waals surface area contributed by atoms with E-state index in [0.717, 1.165) is 31.5 Å². The van der Waals surface area contributed by atoms with Crippen LogP contribution in [0.2, 0.25) is 0 Å². The van der Waals surface area contributed by atoms with E-state index in [0.29, 0.717) is 23.0 Å². The molecule has 0 saturated carbocycles. The monoisotopic (exact) mass is 410 g/mol. The van der Waals surface area contributed by atoms with E-state index < -0.39 is 10.8 Å². The Morgan fingerprint density at radius 2 is 1.93 bits per heavy atom. The number of nitrogens with zero attached hydrogens (tertiary/aromatic N) is 2. The lowest BCUT2D eigenvalue weighted by Gasteiger charge is -2.32. The van der Waals surface area contributed by atoms with Gasteiger partial charge in [0.05, 0.1) is 4.92 Å². The summed E-state index contributed by atoms with van der Waals surface area (Å²) in [5.41, 5.74) is 2.72. The number of nitrogens with one attached hydrogen (secondary N) is 2. The molecule has 0 aliphatic carbocycles. The van der Waals surface area contributed by atoms with E-state index in [9.17, 15) is 19.7 Å². The predicted molar refractivity (Wildman–Crippen MR) is 117 cm³/mol. The minimum absolute atomic E-state index is 0.0612. The Balaban J connectivity index is 1.81. The summed E-state index contributed by atoms with van der Waals surface area (Å²) < 4.78 is 0. The van der Waals surface area contributed by atoms with Crippen LogP contribution in [0.4, 0.5) is 22.7 Å². The smallest absolute Gasteiger partial charge is 0.293 e. The summed E-state index contributed by atoms with van der Waals surface area (Å²) in [4.78, 5) is 37.2. The first kappa shape index (κ1) is 21.3. The fourth-order valence-electron chi connectivity index (χ4n) is 3.76. The maximum atomic E-state index is 12.7. The maximum absolute atomic E-state index is 12.7. The highest BCUT2D eigenvalue weighted by atomic mass is 16.6. The first-order chi connectivity index (χ1) is 14.2. The molecule has 2 N–H and O–H groups in total. The van der Waals surface area contributed by atoms with Crippen molar-refractivity contribution in [2.24, 2.45) is 5.92 Å². The van der Waals surface area contributed by atoms with Gasteiger partial charge in [0.1, 0.15) is 5.69 Å². The van der Waals surface area contributed by atoms with Crippen molar-refractivity contribution in [3.8, 4) is 0 Å². The molecule has 8 heteroatoms. The van der Waals surface area contributed by atoms with Gasteiger partial charge in [-0.3, -0.25) is 19.7 Å². The molecule has 1 heterocycles. The van der Waals surface area contributed by atoms with Crippen LogP contribution in [-0.4, -0.2) is 29.8 Å². The molecule has 1 unspecified atom stereocenters. The van der Waals surface area contributed by atoms with Gasteiger partial charge in [-0.15, -0.1) is 0 Å². The molecular weight excluding hydrogens is 384 g/mol. The second kappa shape index (κ2) is 8.94. The van der Waals surface area contributed by atoms with Crippen LogP contribution >= 0.6 is 0 Å². The van der Waals surface area contributed by atoms with Crippen molar-refractivity contribution in [3.63, 3.8) is 0 Å². The Bertz CT molecular complexity index is 989. The molecular formula is C22H26N4O4. The van der Waals surface area contributed by atoms with E-state index in [4.69, 9.17) is 0 Å². The van der Waals surface area contributed by atoms with Gasteiger partial charge < -0.3 is 15.5 Å². The third-order valence-electron chi connectivity index (χ3n) is 5.23. The molecule has 0 aromatic heterocycles. The normalized spacial score (nSPS) is 16.1. The van der Waals surface area contributed by atoms with E-state index in [1.54, 1.807) is 30.3 Å². The van der Waals surface area contributed by atoms with E-state index >= 15 is 0 Å². The number of aryl methyl sites for hydroxylation is 1. The average Bonchev–Trinajstić information content (AvgIpc) is 2.69. The number of piperidine rings is 1. The van der Waals surface area contributed by atoms with Crippen molar-refractivity contribution < 1.29 is 14.5 Å². The van der Waals surface area contributed by atoms with Crippen LogP contribution in [0.25, 0.3) is 0 Å². The van der Waals surface area contributed by atoms with Crippen molar-refractivity contribution in [1.82, 2.24) is 0 Å². The number of hydrogen-bond acceptors (Lipinski definition) is 5. The molecule has 158 valence electrons. The average molecular weight is 410 g/mol. The third kappa shape index (κ3) is 4.94. The maximum Gasteiger partial charge on any atom is 0.293 e. The van der Waals surface area contributed by atoms with E-state index in [1.807, 2.05) is 11.8 Å². The summed E-state index contributed by atoms with van der Waals surface area (Å²) in [6.07, 6.45) is 2.11. The SMILES string of the molecule is CC(=O)Nc1ccc(NC(=O)c2ccc(N3CCCC(C)C3)c([N+](=O)[O-])c2)cc1C. The minimum Gasteiger partial charge on any atom is -0.366 e. The molecule has 1 fully saturated rings. The van der Waals surface area contributed by atoms with Crippen LogP contribution in [0.3, 0.4) is 0 Å². The van der Waals surface area contributed by atoms with E-state index in [-0.39, 0.29) is 17.2 Å². The third-order valence-corrected chi connectivity index (χ3v) is 5.23. The van der Waals surface area contributed by atoms with E-state index in [1.165, 1.54) is 13.0 Å². The molecule has 8 nitrogen and oxygen atoms in total. The fraction of sp³-hybridized carbons (Fsp3) is 0.364. The van der Waals surface area contributed by atoms with Crippen LogP contribution in [0, 0.1) is 23.0 Å². The van der Waals surface area contributed by atoms with Crippen molar-refractivity contribution in [1.29, 1.82) is 0 Å².